The zero-order valence-electron chi connectivity index (χ0n) is 18.0. The molecule has 0 atom stereocenters. The summed E-state index contributed by atoms with van der Waals surface area (Å²) in [7, 11) is -2.30. The maximum atomic E-state index is 13.4. The molecule has 0 saturated carbocycles. The lowest BCUT2D eigenvalue weighted by atomic mass is 10.1. The van der Waals surface area contributed by atoms with Crippen molar-refractivity contribution in [3.8, 4) is 28.3 Å². The first-order valence-corrected chi connectivity index (χ1v) is 11.7. The molecule has 0 fully saturated rings. The minimum atomic E-state index is -3.89. The van der Waals surface area contributed by atoms with Gasteiger partial charge >= 0.3 is 0 Å². The van der Waals surface area contributed by atoms with Gasteiger partial charge in [0.05, 0.1) is 17.7 Å². The molecule has 10 heteroatoms. The first-order chi connectivity index (χ1) is 16.4. The van der Waals surface area contributed by atoms with Gasteiger partial charge in [-0.25, -0.2) is 23.5 Å². The fourth-order valence-corrected chi connectivity index (χ4v) is 4.55. The molecule has 170 valence electrons. The second kappa shape index (κ2) is 8.25. The molecular formula is C24H19N5O4S. The number of sulfonamides is 1. The smallest absolute Gasteiger partial charge is 0.284 e. The Kier molecular flexibility index (Phi) is 5.23. The Labute approximate surface area is 194 Å². The van der Waals surface area contributed by atoms with Gasteiger partial charge in [0, 0.05) is 11.3 Å². The number of aromatic nitrogens is 4. The highest BCUT2D eigenvalue weighted by atomic mass is 32.2. The van der Waals surface area contributed by atoms with Crippen molar-refractivity contribution in [1.29, 1.82) is 0 Å². The Bertz CT molecular complexity index is 1670. The minimum absolute atomic E-state index is 0.0337. The molecule has 0 bridgehead atoms. The lowest BCUT2D eigenvalue weighted by Crippen LogP contribution is -2.20. The molecule has 34 heavy (non-hydrogen) atoms. The summed E-state index contributed by atoms with van der Waals surface area (Å²) in [5, 5.41) is 5.36. The summed E-state index contributed by atoms with van der Waals surface area (Å²) in [5.74, 6) is 0.702. The summed E-state index contributed by atoms with van der Waals surface area (Å²) in [6.45, 7) is 0. The lowest BCUT2D eigenvalue weighted by Gasteiger charge is -2.10. The van der Waals surface area contributed by atoms with Crippen molar-refractivity contribution in [2.45, 2.75) is 4.90 Å². The number of rotatable bonds is 5. The van der Waals surface area contributed by atoms with E-state index in [1.165, 1.54) is 17.0 Å². The lowest BCUT2D eigenvalue weighted by molar-refractivity contribution is 0.415. The Morgan fingerprint density at radius 1 is 0.824 bits per heavy atom. The predicted octanol–water partition coefficient (Wildman–Crippen LogP) is 2.89. The first-order valence-electron chi connectivity index (χ1n) is 10.2. The molecule has 9 nitrogen and oxygen atoms in total. The molecule has 0 radical (unpaired) electrons. The molecule has 5 rings (SSSR count). The molecule has 0 saturated heterocycles. The van der Waals surface area contributed by atoms with E-state index >= 15 is 0 Å². The Morgan fingerprint density at radius 2 is 1.41 bits per heavy atom. The van der Waals surface area contributed by atoms with Crippen LogP contribution in [0.25, 0.3) is 33.7 Å². The van der Waals surface area contributed by atoms with E-state index in [1.54, 1.807) is 72.6 Å². The summed E-state index contributed by atoms with van der Waals surface area (Å²) in [6, 6.07) is 20.7. The zero-order valence-corrected chi connectivity index (χ0v) is 18.8. The van der Waals surface area contributed by atoms with Gasteiger partial charge in [-0.15, -0.1) is 0 Å². The summed E-state index contributed by atoms with van der Waals surface area (Å²) in [6.07, 6.45) is 2.97. The van der Waals surface area contributed by atoms with E-state index in [-0.39, 0.29) is 10.5 Å². The van der Waals surface area contributed by atoms with Crippen LogP contribution in [0.1, 0.15) is 0 Å². The molecule has 0 aliphatic carbocycles. The third-order valence-electron chi connectivity index (χ3n) is 5.47. The largest absolute Gasteiger partial charge is 0.497 e. The van der Waals surface area contributed by atoms with Gasteiger partial charge in [0.15, 0.2) is 11.2 Å². The maximum absolute atomic E-state index is 13.4. The summed E-state index contributed by atoms with van der Waals surface area (Å²) < 4.78 is 32.2. The molecule has 0 aliphatic heterocycles. The van der Waals surface area contributed by atoms with Gasteiger partial charge in [-0.1, -0.05) is 30.3 Å². The topological polar surface area (TPSA) is 122 Å². The number of nitrogens with zero attached hydrogens (tertiary/aromatic N) is 4. The van der Waals surface area contributed by atoms with Crippen LogP contribution >= 0.6 is 0 Å². The van der Waals surface area contributed by atoms with Crippen LogP contribution < -0.4 is 15.4 Å². The number of methoxy groups -OCH3 is 1. The third kappa shape index (κ3) is 3.74. The van der Waals surface area contributed by atoms with E-state index in [1.807, 2.05) is 12.1 Å². The predicted molar refractivity (Wildman–Crippen MR) is 128 cm³/mol. The summed E-state index contributed by atoms with van der Waals surface area (Å²) in [5.41, 5.74) is 2.81. The van der Waals surface area contributed by atoms with Crippen molar-refractivity contribution >= 4 is 21.2 Å². The number of hydrogen-bond donors (Lipinski definition) is 1. The van der Waals surface area contributed by atoms with Crippen LogP contribution in [0.5, 0.6) is 5.75 Å². The molecule has 3 aromatic carbocycles. The number of hydrogen-bond acceptors (Lipinski definition) is 6. The maximum Gasteiger partial charge on any atom is 0.284 e. The molecule has 2 N–H and O–H groups in total. The van der Waals surface area contributed by atoms with E-state index in [9.17, 15) is 13.2 Å². The Hall–Kier alpha value is -4.28. The highest BCUT2D eigenvalue weighted by Crippen LogP contribution is 2.27. The van der Waals surface area contributed by atoms with Crippen molar-refractivity contribution in [3.63, 3.8) is 0 Å². The molecular weight excluding hydrogens is 454 g/mol. The highest BCUT2D eigenvalue weighted by molar-refractivity contribution is 7.89. The van der Waals surface area contributed by atoms with E-state index in [2.05, 4.69) is 9.97 Å². The molecule has 5 aromatic rings. The molecule has 0 aliphatic rings. The Balaban J connectivity index is 1.58. The quantitative estimate of drug-likeness (QED) is 0.419. The van der Waals surface area contributed by atoms with E-state index in [0.717, 1.165) is 5.69 Å². The average Bonchev–Trinajstić information content (AvgIpc) is 3.29. The molecule has 0 spiro atoms. The van der Waals surface area contributed by atoms with Crippen molar-refractivity contribution < 1.29 is 13.2 Å². The van der Waals surface area contributed by atoms with Crippen molar-refractivity contribution in [2.24, 2.45) is 5.14 Å². The molecule has 2 heterocycles. The first kappa shape index (κ1) is 21.6. The van der Waals surface area contributed by atoms with Gasteiger partial charge < -0.3 is 4.74 Å². The van der Waals surface area contributed by atoms with Crippen LogP contribution in [0.2, 0.25) is 0 Å². The van der Waals surface area contributed by atoms with Gasteiger partial charge in [0.25, 0.3) is 5.56 Å². The van der Waals surface area contributed by atoms with Gasteiger partial charge in [-0.2, -0.15) is 0 Å². The van der Waals surface area contributed by atoms with Crippen molar-refractivity contribution in [2.75, 3.05) is 7.11 Å². The summed E-state index contributed by atoms with van der Waals surface area (Å²) in [4.78, 5) is 22.0. The second-order valence-corrected chi connectivity index (χ2v) is 9.02. The molecule has 0 unspecified atom stereocenters. The number of primary sulfonamides is 1. The number of benzene rings is 3. The van der Waals surface area contributed by atoms with Crippen molar-refractivity contribution in [1.82, 2.24) is 19.1 Å². The van der Waals surface area contributed by atoms with Gasteiger partial charge in [0.2, 0.25) is 10.0 Å². The minimum Gasteiger partial charge on any atom is -0.497 e. The zero-order chi connectivity index (χ0) is 23.9. The number of fused-ring (bicyclic) bond motifs is 1. The van der Waals surface area contributed by atoms with E-state index in [4.69, 9.17) is 9.88 Å². The SMILES string of the molecule is COc1ccc(-n2cnc3ncn(-c4ccc(-c5ccccc5S(N)(=O)=O)cc4)c(=O)c32)cc1. The fraction of sp³-hybridized carbons (Fsp3) is 0.0417. The highest BCUT2D eigenvalue weighted by Gasteiger charge is 2.16. The Morgan fingerprint density at radius 3 is 2.06 bits per heavy atom. The average molecular weight is 474 g/mol. The van der Waals surface area contributed by atoms with Crippen LogP contribution in [0.3, 0.4) is 0 Å². The van der Waals surface area contributed by atoms with Crippen molar-refractivity contribution in [3.05, 3.63) is 95.8 Å². The van der Waals surface area contributed by atoms with E-state index < -0.39 is 10.0 Å². The second-order valence-electron chi connectivity index (χ2n) is 7.49. The number of ether oxygens (including phenoxy) is 1. The number of nitrogens with two attached hydrogens (primary N) is 1. The van der Waals surface area contributed by atoms with Gasteiger partial charge in [-0.05, 0) is 48.0 Å². The molecule has 2 aromatic heterocycles. The standard InChI is InChI=1S/C24H19N5O4S/c1-33-19-12-10-17(11-13-19)28-14-26-23-22(28)24(30)29(15-27-23)18-8-6-16(7-9-18)20-4-2-3-5-21(20)34(25,31)32/h2-15H,1H3,(H2,25,31,32). The van der Waals surface area contributed by atoms with Gasteiger partial charge in [-0.3, -0.25) is 13.9 Å². The summed E-state index contributed by atoms with van der Waals surface area (Å²) >= 11 is 0. The molecule has 0 amide bonds. The normalized spacial score (nSPS) is 11.6. The monoisotopic (exact) mass is 473 g/mol. The van der Waals surface area contributed by atoms with Crippen LogP contribution in [0, 0.1) is 0 Å². The third-order valence-corrected chi connectivity index (χ3v) is 6.43. The van der Waals surface area contributed by atoms with Gasteiger partial charge in [0.1, 0.15) is 18.4 Å². The van der Waals surface area contributed by atoms with Crippen LogP contribution in [0.4, 0.5) is 0 Å². The van der Waals surface area contributed by atoms with Crippen LogP contribution in [-0.4, -0.2) is 34.6 Å². The van der Waals surface area contributed by atoms with Crippen LogP contribution in [-0.2, 0) is 10.0 Å². The number of imidazole rings is 1. The fourth-order valence-electron chi connectivity index (χ4n) is 3.79. The van der Waals surface area contributed by atoms with Crippen LogP contribution in [0.15, 0.2) is 95.1 Å². The van der Waals surface area contributed by atoms with E-state index in [0.29, 0.717) is 33.7 Å².